The van der Waals surface area contributed by atoms with E-state index in [1.54, 1.807) is 22.7 Å². The Kier molecular flexibility index (Phi) is 4.13. The minimum atomic E-state index is -0.809. The highest BCUT2D eigenvalue weighted by Gasteiger charge is 2.25. The second-order valence-electron chi connectivity index (χ2n) is 5.07. The normalized spacial score (nSPS) is 12.9. The van der Waals surface area contributed by atoms with Crippen LogP contribution in [0.5, 0.6) is 5.75 Å². The molecule has 2 heterocycles. The van der Waals surface area contributed by atoms with Crippen LogP contribution < -0.4 is 4.74 Å². The Morgan fingerprint density at radius 2 is 2.10 bits per heavy atom. The van der Waals surface area contributed by atoms with Crippen molar-refractivity contribution in [3.63, 3.8) is 0 Å². The molecule has 2 aromatic heterocycles. The molecule has 0 saturated carbocycles. The van der Waals surface area contributed by atoms with Crippen molar-refractivity contribution in [2.75, 3.05) is 7.11 Å². The van der Waals surface area contributed by atoms with Gasteiger partial charge >= 0.3 is 0 Å². The van der Waals surface area contributed by atoms with Gasteiger partial charge in [0.15, 0.2) is 5.75 Å². The van der Waals surface area contributed by atoms with E-state index in [2.05, 4.69) is 10.2 Å². The van der Waals surface area contributed by atoms with E-state index >= 15 is 0 Å². The number of aliphatic hydroxyl groups is 1. The number of methoxy groups -OCH3 is 1. The van der Waals surface area contributed by atoms with Crippen LogP contribution in [-0.2, 0) is 6.54 Å². The van der Waals surface area contributed by atoms with E-state index in [1.165, 1.54) is 0 Å². The van der Waals surface area contributed by atoms with Crippen LogP contribution in [0.2, 0.25) is 0 Å². The molecule has 0 radical (unpaired) electrons. The molecule has 0 aliphatic heterocycles. The fourth-order valence-corrected chi connectivity index (χ4v) is 2.36. The van der Waals surface area contributed by atoms with E-state index in [0.29, 0.717) is 18.0 Å². The number of hydrogen-bond donors (Lipinski definition) is 1. The molecule has 110 valence electrons. The van der Waals surface area contributed by atoms with Gasteiger partial charge in [0.1, 0.15) is 11.8 Å². The standard InChI is InChI=1S/C14H22N4O2/c1-6-17-11(7-10(4)16-17)14(19)13-12(20-5)8-15-18(13)9(2)3/h7-9,14,19H,6H2,1-5H3. The third-order valence-corrected chi connectivity index (χ3v) is 3.28. The van der Waals surface area contributed by atoms with Crippen molar-refractivity contribution in [3.8, 4) is 5.75 Å². The zero-order chi connectivity index (χ0) is 14.9. The number of aliphatic hydroxyl groups excluding tert-OH is 1. The Morgan fingerprint density at radius 1 is 1.40 bits per heavy atom. The minimum absolute atomic E-state index is 0.141. The third kappa shape index (κ3) is 2.43. The monoisotopic (exact) mass is 278 g/mol. The molecule has 0 spiro atoms. The number of aryl methyl sites for hydroxylation is 2. The lowest BCUT2D eigenvalue weighted by atomic mass is 10.1. The number of nitrogens with zero attached hydrogens (tertiary/aromatic N) is 4. The van der Waals surface area contributed by atoms with Crippen molar-refractivity contribution in [2.24, 2.45) is 0 Å². The zero-order valence-corrected chi connectivity index (χ0v) is 12.7. The number of rotatable bonds is 5. The largest absolute Gasteiger partial charge is 0.493 e. The van der Waals surface area contributed by atoms with Crippen molar-refractivity contribution in [3.05, 3.63) is 29.3 Å². The van der Waals surface area contributed by atoms with Gasteiger partial charge < -0.3 is 9.84 Å². The van der Waals surface area contributed by atoms with Crippen molar-refractivity contribution >= 4 is 0 Å². The topological polar surface area (TPSA) is 65.1 Å². The van der Waals surface area contributed by atoms with Gasteiger partial charge in [0.25, 0.3) is 0 Å². The fraction of sp³-hybridized carbons (Fsp3) is 0.571. The summed E-state index contributed by atoms with van der Waals surface area (Å²) < 4.78 is 8.91. The van der Waals surface area contributed by atoms with Crippen LogP contribution in [-0.4, -0.2) is 31.8 Å². The summed E-state index contributed by atoms with van der Waals surface area (Å²) in [5, 5.41) is 19.4. The number of aromatic nitrogens is 4. The third-order valence-electron chi connectivity index (χ3n) is 3.28. The van der Waals surface area contributed by atoms with E-state index in [4.69, 9.17) is 4.74 Å². The summed E-state index contributed by atoms with van der Waals surface area (Å²) in [5.41, 5.74) is 2.30. The first-order valence-corrected chi connectivity index (χ1v) is 6.83. The van der Waals surface area contributed by atoms with Gasteiger partial charge in [-0.1, -0.05) is 0 Å². The molecule has 0 fully saturated rings. The SMILES string of the molecule is CCn1nc(C)cc1C(O)c1c(OC)cnn1C(C)C. The molecule has 6 heteroatoms. The van der Waals surface area contributed by atoms with Gasteiger partial charge in [-0.25, -0.2) is 0 Å². The summed E-state index contributed by atoms with van der Waals surface area (Å²) in [5.74, 6) is 0.590. The summed E-state index contributed by atoms with van der Waals surface area (Å²) in [7, 11) is 1.58. The molecule has 0 saturated heterocycles. The minimum Gasteiger partial charge on any atom is -0.493 e. The zero-order valence-electron chi connectivity index (χ0n) is 12.7. The predicted octanol–water partition coefficient (Wildman–Crippen LogP) is 2.08. The lowest BCUT2D eigenvalue weighted by Gasteiger charge is -2.18. The van der Waals surface area contributed by atoms with E-state index in [0.717, 1.165) is 11.4 Å². The van der Waals surface area contributed by atoms with Gasteiger partial charge in [0, 0.05) is 12.6 Å². The predicted molar refractivity (Wildman–Crippen MR) is 75.9 cm³/mol. The second-order valence-corrected chi connectivity index (χ2v) is 5.07. The average molecular weight is 278 g/mol. The van der Waals surface area contributed by atoms with E-state index in [1.807, 2.05) is 33.8 Å². The molecule has 6 nitrogen and oxygen atoms in total. The number of hydrogen-bond acceptors (Lipinski definition) is 4. The van der Waals surface area contributed by atoms with Gasteiger partial charge in [-0.15, -0.1) is 0 Å². The lowest BCUT2D eigenvalue weighted by Crippen LogP contribution is -2.16. The first kappa shape index (κ1) is 14.6. The van der Waals surface area contributed by atoms with Gasteiger partial charge in [0.2, 0.25) is 0 Å². The summed E-state index contributed by atoms with van der Waals surface area (Å²) in [4.78, 5) is 0. The Morgan fingerprint density at radius 3 is 2.65 bits per heavy atom. The first-order valence-electron chi connectivity index (χ1n) is 6.83. The molecular weight excluding hydrogens is 256 g/mol. The van der Waals surface area contributed by atoms with Crippen LogP contribution in [0.15, 0.2) is 12.3 Å². The molecule has 0 aliphatic rings. The van der Waals surface area contributed by atoms with E-state index < -0.39 is 6.10 Å². The van der Waals surface area contributed by atoms with Crippen LogP contribution in [0.4, 0.5) is 0 Å². The summed E-state index contributed by atoms with van der Waals surface area (Å²) >= 11 is 0. The maximum Gasteiger partial charge on any atom is 0.163 e. The van der Waals surface area contributed by atoms with E-state index in [-0.39, 0.29) is 6.04 Å². The number of ether oxygens (including phenoxy) is 1. The maximum absolute atomic E-state index is 10.7. The molecule has 20 heavy (non-hydrogen) atoms. The van der Waals surface area contributed by atoms with Crippen molar-refractivity contribution in [1.82, 2.24) is 19.6 Å². The average Bonchev–Trinajstić information content (AvgIpc) is 3.00. The van der Waals surface area contributed by atoms with Gasteiger partial charge in [-0.3, -0.25) is 9.36 Å². The molecule has 0 aliphatic carbocycles. The van der Waals surface area contributed by atoms with Crippen LogP contribution in [0, 0.1) is 6.92 Å². The maximum atomic E-state index is 10.7. The molecule has 0 bridgehead atoms. The van der Waals surface area contributed by atoms with Crippen LogP contribution in [0.25, 0.3) is 0 Å². The molecular formula is C14H22N4O2. The van der Waals surface area contributed by atoms with Crippen molar-refractivity contribution < 1.29 is 9.84 Å². The van der Waals surface area contributed by atoms with Crippen LogP contribution in [0.3, 0.4) is 0 Å². The first-order chi connectivity index (χ1) is 9.49. The molecule has 0 amide bonds. The Bertz CT molecular complexity index is 586. The molecule has 1 atom stereocenters. The molecule has 1 unspecified atom stereocenters. The Balaban J connectivity index is 2.51. The Labute approximate surface area is 119 Å². The van der Waals surface area contributed by atoms with E-state index in [9.17, 15) is 5.11 Å². The molecule has 1 N–H and O–H groups in total. The Hall–Kier alpha value is -1.82. The quantitative estimate of drug-likeness (QED) is 0.909. The van der Waals surface area contributed by atoms with Crippen LogP contribution >= 0.6 is 0 Å². The highest BCUT2D eigenvalue weighted by Crippen LogP contribution is 2.32. The van der Waals surface area contributed by atoms with Crippen LogP contribution in [0.1, 0.15) is 50.0 Å². The highest BCUT2D eigenvalue weighted by atomic mass is 16.5. The van der Waals surface area contributed by atoms with Crippen molar-refractivity contribution in [1.29, 1.82) is 0 Å². The van der Waals surface area contributed by atoms with Crippen molar-refractivity contribution in [2.45, 2.75) is 46.4 Å². The summed E-state index contributed by atoms with van der Waals surface area (Å²) in [6.45, 7) is 8.66. The summed E-state index contributed by atoms with van der Waals surface area (Å²) in [6.07, 6.45) is 0.828. The van der Waals surface area contributed by atoms with Gasteiger partial charge in [-0.2, -0.15) is 10.2 Å². The summed E-state index contributed by atoms with van der Waals surface area (Å²) in [6, 6.07) is 2.04. The fourth-order valence-electron chi connectivity index (χ4n) is 2.36. The molecule has 2 rings (SSSR count). The molecule has 2 aromatic rings. The highest BCUT2D eigenvalue weighted by molar-refractivity contribution is 5.33. The lowest BCUT2D eigenvalue weighted by molar-refractivity contribution is 0.188. The van der Waals surface area contributed by atoms with Gasteiger partial charge in [0.05, 0.1) is 24.7 Å². The molecule has 0 aromatic carbocycles. The second kappa shape index (κ2) is 5.66. The smallest absolute Gasteiger partial charge is 0.163 e. The van der Waals surface area contributed by atoms with Gasteiger partial charge in [-0.05, 0) is 33.8 Å².